The Kier molecular flexibility index (Phi) is 4.31. The van der Waals surface area contributed by atoms with Gasteiger partial charge in [-0.25, -0.2) is 15.0 Å². The molecule has 0 atom stereocenters. The van der Waals surface area contributed by atoms with Gasteiger partial charge >= 0.3 is 0 Å². The highest BCUT2D eigenvalue weighted by Crippen LogP contribution is 2.12. The van der Waals surface area contributed by atoms with Gasteiger partial charge < -0.3 is 4.57 Å². The zero-order chi connectivity index (χ0) is 13.0. The van der Waals surface area contributed by atoms with E-state index < -0.39 is 0 Å². The summed E-state index contributed by atoms with van der Waals surface area (Å²) in [6, 6.07) is 1.81. The molecule has 0 radical (unpaired) electrons. The number of aryl methyl sites for hydroxylation is 2. The highest BCUT2D eigenvalue weighted by molar-refractivity contribution is 6.29. The summed E-state index contributed by atoms with van der Waals surface area (Å²) in [4.78, 5) is 13.1. The number of hydrogen-bond acceptors (Lipinski definition) is 3. The quantitative estimate of drug-likeness (QED) is 0.780. The van der Waals surface area contributed by atoms with Gasteiger partial charge in [0.05, 0.1) is 5.69 Å². The molecule has 0 amide bonds. The third kappa shape index (κ3) is 3.07. The Morgan fingerprint density at radius 1 is 1.28 bits per heavy atom. The van der Waals surface area contributed by atoms with Crippen LogP contribution in [0, 0.1) is 0 Å². The molecule has 2 rings (SSSR count). The summed E-state index contributed by atoms with van der Waals surface area (Å²) >= 11 is 6.02. The van der Waals surface area contributed by atoms with Crippen LogP contribution in [0.4, 0.5) is 0 Å². The van der Waals surface area contributed by atoms with E-state index in [9.17, 15) is 0 Å². The zero-order valence-corrected chi connectivity index (χ0v) is 11.5. The highest BCUT2D eigenvalue weighted by Gasteiger charge is 2.07. The van der Waals surface area contributed by atoms with E-state index in [4.69, 9.17) is 11.6 Å². The number of nitrogens with zero attached hydrogens (tertiary/aromatic N) is 4. The average Bonchev–Trinajstić information content (AvgIpc) is 2.76. The fraction of sp³-hybridized carbons (Fsp3) is 0.462. The summed E-state index contributed by atoms with van der Waals surface area (Å²) in [6.45, 7) is 5.12. The minimum atomic E-state index is 0.512. The molecule has 0 aliphatic heterocycles. The first kappa shape index (κ1) is 13.0. The van der Waals surface area contributed by atoms with Crippen LogP contribution in [0.25, 0.3) is 0 Å². The molecule has 2 aromatic heterocycles. The van der Waals surface area contributed by atoms with Crippen molar-refractivity contribution in [3.8, 4) is 0 Å². The van der Waals surface area contributed by atoms with Gasteiger partial charge in [-0.1, -0.05) is 18.5 Å². The molecule has 0 spiro atoms. The van der Waals surface area contributed by atoms with Gasteiger partial charge in [0.15, 0.2) is 0 Å². The van der Waals surface area contributed by atoms with Crippen LogP contribution in [0.2, 0.25) is 5.15 Å². The lowest BCUT2D eigenvalue weighted by Crippen LogP contribution is -2.05. The van der Waals surface area contributed by atoms with Gasteiger partial charge in [-0.05, 0) is 19.4 Å². The van der Waals surface area contributed by atoms with Gasteiger partial charge in [0.1, 0.15) is 16.8 Å². The number of hydrogen-bond donors (Lipinski definition) is 0. The maximum Gasteiger partial charge on any atom is 0.133 e. The van der Waals surface area contributed by atoms with Crippen molar-refractivity contribution in [1.29, 1.82) is 0 Å². The van der Waals surface area contributed by atoms with Crippen LogP contribution in [0.1, 0.15) is 37.6 Å². The smallest absolute Gasteiger partial charge is 0.133 e. The van der Waals surface area contributed by atoms with Crippen molar-refractivity contribution < 1.29 is 0 Å². The first-order chi connectivity index (χ1) is 8.72. The molecule has 4 nitrogen and oxygen atoms in total. The highest BCUT2D eigenvalue weighted by atomic mass is 35.5. The maximum absolute atomic E-state index is 6.02. The molecule has 0 bridgehead atoms. The second kappa shape index (κ2) is 5.96. The van der Waals surface area contributed by atoms with Crippen LogP contribution in [-0.4, -0.2) is 19.5 Å². The lowest BCUT2D eigenvalue weighted by Gasteiger charge is -2.06. The number of halogens is 1. The monoisotopic (exact) mass is 264 g/mol. The molecule has 0 aliphatic carbocycles. The van der Waals surface area contributed by atoms with E-state index in [1.807, 2.05) is 18.5 Å². The molecule has 0 unspecified atom stereocenters. The van der Waals surface area contributed by atoms with E-state index in [0.717, 1.165) is 36.7 Å². The van der Waals surface area contributed by atoms with Crippen molar-refractivity contribution in [2.24, 2.45) is 0 Å². The maximum atomic E-state index is 6.02. The minimum absolute atomic E-state index is 0.512. The van der Waals surface area contributed by atoms with Crippen molar-refractivity contribution in [2.75, 3.05) is 0 Å². The Hall–Kier alpha value is -1.42. The second-order valence-corrected chi connectivity index (χ2v) is 4.54. The fourth-order valence-corrected chi connectivity index (χ4v) is 2.12. The van der Waals surface area contributed by atoms with E-state index >= 15 is 0 Å². The van der Waals surface area contributed by atoms with Gasteiger partial charge in [-0.15, -0.1) is 0 Å². The molecule has 0 saturated carbocycles. The predicted octanol–water partition coefficient (Wildman–Crippen LogP) is 2.89. The van der Waals surface area contributed by atoms with E-state index in [0.29, 0.717) is 11.6 Å². The van der Waals surface area contributed by atoms with Gasteiger partial charge in [0.25, 0.3) is 0 Å². The van der Waals surface area contributed by atoms with Crippen LogP contribution < -0.4 is 0 Å². The van der Waals surface area contributed by atoms with E-state index in [1.54, 1.807) is 0 Å². The minimum Gasteiger partial charge on any atom is -0.335 e. The van der Waals surface area contributed by atoms with E-state index in [1.165, 1.54) is 0 Å². The summed E-state index contributed by atoms with van der Waals surface area (Å²) in [5.41, 5.74) is 0.930. The summed E-state index contributed by atoms with van der Waals surface area (Å²) in [7, 11) is 0. The molecule has 0 saturated heterocycles. The lowest BCUT2D eigenvalue weighted by atomic mass is 10.2. The summed E-state index contributed by atoms with van der Waals surface area (Å²) < 4.78 is 2.11. The lowest BCUT2D eigenvalue weighted by molar-refractivity contribution is 0.704. The first-order valence-corrected chi connectivity index (χ1v) is 6.63. The van der Waals surface area contributed by atoms with Crippen LogP contribution in [0.3, 0.4) is 0 Å². The Balaban J connectivity index is 2.23. The topological polar surface area (TPSA) is 43.6 Å². The first-order valence-electron chi connectivity index (χ1n) is 6.25. The van der Waals surface area contributed by atoms with Crippen LogP contribution >= 0.6 is 11.6 Å². The Labute approximate surface area is 112 Å². The molecule has 0 aromatic carbocycles. The molecular weight excluding hydrogens is 248 g/mol. The molecular formula is C13H17ClN4. The van der Waals surface area contributed by atoms with Crippen LogP contribution in [0.15, 0.2) is 18.5 Å². The van der Waals surface area contributed by atoms with Crippen LogP contribution in [-0.2, 0) is 19.4 Å². The molecule has 0 aliphatic rings. The number of aromatic nitrogens is 4. The Bertz CT molecular complexity index is 521. The van der Waals surface area contributed by atoms with Crippen molar-refractivity contribution >= 4 is 11.6 Å². The third-order valence-electron chi connectivity index (χ3n) is 2.75. The summed E-state index contributed by atoms with van der Waals surface area (Å²) in [5.74, 6) is 1.82. The average molecular weight is 265 g/mol. The molecule has 2 aromatic rings. The van der Waals surface area contributed by atoms with Gasteiger partial charge in [-0.2, -0.15) is 0 Å². The predicted molar refractivity (Wildman–Crippen MR) is 71.7 cm³/mol. The standard InChI is InChI=1S/C13H17ClN4/c1-3-5-12-16-10(8-11(14)17-12)9-13-15-6-7-18(13)4-2/h6-8H,3-5,9H2,1-2H3. The molecule has 0 fully saturated rings. The molecule has 5 heteroatoms. The Morgan fingerprint density at radius 2 is 2.11 bits per heavy atom. The third-order valence-corrected chi connectivity index (χ3v) is 2.94. The molecule has 0 N–H and O–H groups in total. The second-order valence-electron chi connectivity index (χ2n) is 4.15. The van der Waals surface area contributed by atoms with Crippen molar-refractivity contribution in [3.05, 3.63) is 41.0 Å². The number of rotatable bonds is 5. The van der Waals surface area contributed by atoms with E-state index in [2.05, 4.69) is 33.4 Å². The van der Waals surface area contributed by atoms with Crippen molar-refractivity contribution in [1.82, 2.24) is 19.5 Å². The molecule has 96 valence electrons. The molecule has 18 heavy (non-hydrogen) atoms. The SMILES string of the molecule is CCCc1nc(Cl)cc(Cc2nccn2CC)n1. The van der Waals surface area contributed by atoms with Gasteiger partial charge in [0.2, 0.25) is 0 Å². The fourth-order valence-electron chi connectivity index (χ4n) is 1.90. The van der Waals surface area contributed by atoms with Crippen molar-refractivity contribution in [3.63, 3.8) is 0 Å². The van der Waals surface area contributed by atoms with Gasteiger partial charge in [-0.3, -0.25) is 0 Å². The normalized spacial score (nSPS) is 10.8. The van der Waals surface area contributed by atoms with Crippen molar-refractivity contribution in [2.45, 2.75) is 39.7 Å². The summed E-state index contributed by atoms with van der Waals surface area (Å²) in [6.07, 6.45) is 6.36. The largest absolute Gasteiger partial charge is 0.335 e. The Morgan fingerprint density at radius 3 is 2.83 bits per heavy atom. The van der Waals surface area contributed by atoms with Gasteiger partial charge in [0, 0.05) is 31.8 Å². The van der Waals surface area contributed by atoms with Crippen LogP contribution in [0.5, 0.6) is 0 Å². The van der Waals surface area contributed by atoms with E-state index in [-0.39, 0.29) is 0 Å². The number of imidazole rings is 1. The zero-order valence-electron chi connectivity index (χ0n) is 10.7. The summed E-state index contributed by atoms with van der Waals surface area (Å²) in [5, 5.41) is 0.512. The molecule has 2 heterocycles.